The van der Waals surface area contributed by atoms with Crippen molar-refractivity contribution in [1.82, 2.24) is 4.72 Å². The number of hydrogen-bond donors (Lipinski definition) is 2. The molecule has 210 valence electrons. The van der Waals surface area contributed by atoms with Crippen molar-refractivity contribution in [2.45, 2.75) is 63.2 Å². The molecule has 0 saturated heterocycles. The second-order valence-corrected chi connectivity index (χ2v) is 13.3. The monoisotopic (exact) mass is 572 g/mol. The second kappa shape index (κ2) is 12.3. The van der Waals surface area contributed by atoms with Crippen molar-refractivity contribution in [3.8, 4) is 5.75 Å². The van der Waals surface area contributed by atoms with E-state index in [-0.39, 0.29) is 12.0 Å². The minimum Gasteiger partial charge on any atom is -0.487 e. The van der Waals surface area contributed by atoms with Crippen LogP contribution in [0.25, 0.3) is 0 Å². The molecule has 1 amide bonds. The van der Waals surface area contributed by atoms with Gasteiger partial charge in [-0.25, -0.2) is 13.1 Å². The number of amides is 1. The lowest BCUT2D eigenvalue weighted by molar-refractivity contribution is 0.0980. The first-order chi connectivity index (χ1) is 18.8. The Morgan fingerprint density at radius 2 is 1.87 bits per heavy atom. The van der Waals surface area contributed by atoms with E-state index in [0.29, 0.717) is 35.6 Å². The molecule has 2 aromatic carbocycles. The van der Waals surface area contributed by atoms with Crippen LogP contribution in [-0.4, -0.2) is 44.4 Å². The number of aliphatic hydroxyl groups excluding tert-OH is 1. The van der Waals surface area contributed by atoms with Crippen molar-refractivity contribution in [2.75, 3.05) is 24.6 Å². The summed E-state index contributed by atoms with van der Waals surface area (Å²) in [4.78, 5) is 15.5. The number of anilines is 1. The van der Waals surface area contributed by atoms with Crippen LogP contribution in [-0.2, 0) is 23.1 Å². The van der Waals surface area contributed by atoms with E-state index in [9.17, 15) is 18.3 Å². The van der Waals surface area contributed by atoms with E-state index in [1.807, 2.05) is 24.3 Å². The van der Waals surface area contributed by atoms with E-state index in [0.717, 1.165) is 50.0 Å². The first-order valence-electron chi connectivity index (χ1n) is 13.9. The Morgan fingerprint density at radius 3 is 2.67 bits per heavy atom. The smallest absolute Gasteiger partial charge is 0.264 e. The zero-order valence-electron chi connectivity index (χ0n) is 22.1. The van der Waals surface area contributed by atoms with Crippen molar-refractivity contribution in [3.63, 3.8) is 0 Å². The van der Waals surface area contributed by atoms with Gasteiger partial charge >= 0.3 is 0 Å². The van der Waals surface area contributed by atoms with Gasteiger partial charge in [0.25, 0.3) is 5.91 Å². The lowest BCUT2D eigenvalue weighted by Gasteiger charge is -2.41. The number of benzene rings is 2. The molecule has 0 unspecified atom stereocenters. The SMILES string of the molecule is O=C1NS(=O)(=O)[C@@H](CO)CC/C=C\C[C@@H]2CC[C@H]2CN2CCCCc3cc(Cl)ccc3COc3ccc1cc32. The highest BCUT2D eigenvalue weighted by Gasteiger charge is 2.33. The third kappa shape index (κ3) is 6.61. The molecule has 39 heavy (non-hydrogen) atoms. The number of nitrogens with zero attached hydrogens (tertiary/aromatic N) is 1. The molecule has 0 spiro atoms. The van der Waals surface area contributed by atoms with Crippen molar-refractivity contribution >= 4 is 33.2 Å². The van der Waals surface area contributed by atoms with Crippen LogP contribution in [0.5, 0.6) is 5.75 Å². The van der Waals surface area contributed by atoms with Gasteiger partial charge in [-0.1, -0.05) is 29.8 Å². The molecule has 0 radical (unpaired) electrons. The molecule has 2 bridgehead atoms. The molecule has 3 aliphatic rings. The number of ether oxygens (including phenoxy) is 1. The number of carbonyl (C=O) groups is 1. The van der Waals surface area contributed by atoms with E-state index in [1.165, 1.54) is 18.4 Å². The summed E-state index contributed by atoms with van der Waals surface area (Å²) in [5.41, 5.74) is 3.34. The van der Waals surface area contributed by atoms with Crippen LogP contribution in [0.1, 0.15) is 66.4 Å². The van der Waals surface area contributed by atoms with E-state index in [2.05, 4.69) is 15.7 Å². The number of allylic oxidation sites excluding steroid dienone is 2. The van der Waals surface area contributed by atoms with E-state index in [1.54, 1.807) is 18.2 Å². The maximum atomic E-state index is 13.2. The summed E-state index contributed by atoms with van der Waals surface area (Å²) in [7, 11) is -4.05. The molecule has 2 N–H and O–H groups in total. The molecular weight excluding hydrogens is 536 g/mol. The van der Waals surface area contributed by atoms with Crippen LogP contribution in [0, 0.1) is 11.8 Å². The lowest BCUT2D eigenvalue weighted by Crippen LogP contribution is -2.40. The van der Waals surface area contributed by atoms with Crippen molar-refractivity contribution in [3.05, 3.63) is 70.3 Å². The molecule has 1 fully saturated rings. The van der Waals surface area contributed by atoms with Gasteiger partial charge in [0.15, 0.2) is 0 Å². The number of halogens is 1. The standard InChI is InChI=1S/C30H37ClN2O5S/c31-26-13-11-25-20-38-29-14-12-23-17-28(29)33(15-5-4-7-22(25)16-26)18-24-10-9-21(24)6-2-1-3-8-27(19-34)39(36,37)32-30(23)35/h1-2,11-14,16-17,21,24,27,34H,3-10,15,18-20H2,(H,32,35)/b2-1-/t21-,24+,27-/m1/s1. The molecule has 2 aliphatic heterocycles. The van der Waals surface area contributed by atoms with Crippen LogP contribution in [0.2, 0.25) is 5.02 Å². The predicted octanol–water partition coefficient (Wildman–Crippen LogP) is 5.25. The fourth-order valence-electron chi connectivity index (χ4n) is 5.84. The molecule has 2 aromatic rings. The highest BCUT2D eigenvalue weighted by molar-refractivity contribution is 7.90. The highest BCUT2D eigenvalue weighted by Crippen LogP contribution is 2.40. The van der Waals surface area contributed by atoms with Gasteiger partial charge in [-0.3, -0.25) is 4.79 Å². The number of rotatable bonds is 1. The Kier molecular flexibility index (Phi) is 8.84. The average molecular weight is 573 g/mol. The summed E-state index contributed by atoms with van der Waals surface area (Å²) in [6.45, 7) is 1.51. The van der Waals surface area contributed by atoms with E-state index in [4.69, 9.17) is 16.3 Å². The molecule has 2 heterocycles. The van der Waals surface area contributed by atoms with Crippen LogP contribution < -0.4 is 14.4 Å². The van der Waals surface area contributed by atoms with Gasteiger partial charge in [-0.2, -0.15) is 0 Å². The quantitative estimate of drug-likeness (QED) is 0.453. The Morgan fingerprint density at radius 1 is 1.03 bits per heavy atom. The largest absolute Gasteiger partial charge is 0.487 e. The first-order valence-corrected chi connectivity index (χ1v) is 15.9. The van der Waals surface area contributed by atoms with Crippen LogP contribution in [0.4, 0.5) is 5.69 Å². The molecule has 9 heteroatoms. The average Bonchev–Trinajstić information content (AvgIpc) is 2.92. The van der Waals surface area contributed by atoms with Crippen LogP contribution in [0.3, 0.4) is 0 Å². The minimum atomic E-state index is -4.05. The Balaban J connectivity index is 1.52. The zero-order chi connectivity index (χ0) is 27.4. The number of fused-ring (bicyclic) bond motifs is 3. The maximum Gasteiger partial charge on any atom is 0.264 e. The molecular formula is C30H37ClN2O5S. The minimum absolute atomic E-state index is 0.252. The molecule has 0 aromatic heterocycles. The van der Waals surface area contributed by atoms with Gasteiger partial charge in [0, 0.05) is 23.7 Å². The third-order valence-electron chi connectivity index (χ3n) is 8.41. The van der Waals surface area contributed by atoms with Gasteiger partial charge in [0.05, 0.1) is 12.3 Å². The highest BCUT2D eigenvalue weighted by atomic mass is 35.5. The zero-order valence-corrected chi connectivity index (χ0v) is 23.7. The Bertz CT molecular complexity index is 1330. The van der Waals surface area contributed by atoms with Crippen molar-refractivity contribution in [2.24, 2.45) is 11.8 Å². The third-order valence-corrected chi connectivity index (χ3v) is 10.4. The maximum absolute atomic E-state index is 13.2. The summed E-state index contributed by atoms with van der Waals surface area (Å²) in [5.74, 6) is 1.09. The summed E-state index contributed by atoms with van der Waals surface area (Å²) >= 11 is 6.29. The summed E-state index contributed by atoms with van der Waals surface area (Å²) in [6, 6.07) is 11.0. The van der Waals surface area contributed by atoms with Gasteiger partial charge in [-0.15, -0.1) is 0 Å². The van der Waals surface area contributed by atoms with Gasteiger partial charge in [0.2, 0.25) is 10.0 Å². The number of aryl methyl sites for hydroxylation is 1. The summed E-state index contributed by atoms with van der Waals surface area (Å²) in [5, 5.41) is 9.43. The number of sulfonamides is 1. The predicted molar refractivity (Wildman–Crippen MR) is 154 cm³/mol. The van der Waals surface area contributed by atoms with E-state index >= 15 is 0 Å². The van der Waals surface area contributed by atoms with Crippen LogP contribution in [0.15, 0.2) is 48.6 Å². The molecule has 1 saturated carbocycles. The number of hydrogen-bond acceptors (Lipinski definition) is 6. The van der Waals surface area contributed by atoms with Gasteiger partial charge in [0.1, 0.15) is 17.6 Å². The number of nitrogens with one attached hydrogen (secondary N) is 1. The normalized spacial score (nSPS) is 26.5. The van der Waals surface area contributed by atoms with Crippen LogP contribution >= 0.6 is 11.6 Å². The van der Waals surface area contributed by atoms with Gasteiger partial charge in [-0.05, 0) is 105 Å². The number of carbonyl (C=O) groups excluding carboxylic acids is 1. The molecule has 1 aliphatic carbocycles. The number of aliphatic hydroxyl groups is 1. The fraction of sp³-hybridized carbons (Fsp3) is 0.500. The fourth-order valence-corrected chi connectivity index (χ4v) is 7.22. The Labute approximate surface area is 236 Å². The molecule has 3 atom stereocenters. The summed E-state index contributed by atoms with van der Waals surface area (Å²) < 4.78 is 34.4. The lowest BCUT2D eigenvalue weighted by atomic mass is 9.71. The second-order valence-electron chi connectivity index (χ2n) is 11.0. The van der Waals surface area contributed by atoms with Crippen molar-refractivity contribution < 1.29 is 23.1 Å². The van der Waals surface area contributed by atoms with E-state index < -0.39 is 27.8 Å². The topological polar surface area (TPSA) is 95.9 Å². The summed E-state index contributed by atoms with van der Waals surface area (Å²) in [6.07, 6.45) is 11.1. The molecule has 7 nitrogen and oxygen atoms in total. The Hall–Kier alpha value is -2.55. The molecule has 5 rings (SSSR count). The first kappa shape index (κ1) is 28.0. The van der Waals surface area contributed by atoms with Crippen molar-refractivity contribution in [1.29, 1.82) is 0 Å². The van der Waals surface area contributed by atoms with Gasteiger partial charge < -0.3 is 14.7 Å².